The number of aliphatic carboxylic acids is 1. The van der Waals surface area contributed by atoms with E-state index in [0.29, 0.717) is 13.0 Å². The summed E-state index contributed by atoms with van der Waals surface area (Å²) in [7, 11) is 0. The van der Waals surface area contributed by atoms with Gasteiger partial charge < -0.3 is 26.0 Å². The smallest absolute Gasteiger partial charge is 0.326 e. The first-order chi connectivity index (χ1) is 23.9. The van der Waals surface area contributed by atoms with E-state index in [1.54, 1.807) is 0 Å². The third-order valence-corrected chi connectivity index (χ3v) is 8.76. The molecule has 0 spiro atoms. The monoisotopic (exact) mass is 650 g/mol. The van der Waals surface area contributed by atoms with Crippen LogP contribution >= 0.6 is 0 Å². The second-order valence-electron chi connectivity index (χ2n) is 12.0. The summed E-state index contributed by atoms with van der Waals surface area (Å²) in [5.41, 5.74) is 4.13. The van der Waals surface area contributed by atoms with Crippen molar-refractivity contribution in [3.8, 4) is 0 Å². The van der Waals surface area contributed by atoms with E-state index in [9.17, 15) is 19.5 Å². The first kappa shape index (κ1) is 32.9. The highest BCUT2D eigenvalue weighted by Gasteiger charge is 2.39. The molecular weight excluding hydrogens is 612 g/mol. The first-order valence-electron chi connectivity index (χ1n) is 16.3. The van der Waals surface area contributed by atoms with Crippen LogP contribution in [-0.2, 0) is 32.9 Å². The highest BCUT2D eigenvalue weighted by atomic mass is 16.4. The Morgan fingerprint density at radius 2 is 1.16 bits per heavy atom. The molecule has 6 rings (SSSR count). The number of carboxylic acid groups (broad SMARTS) is 1. The fourth-order valence-electron chi connectivity index (χ4n) is 6.31. The summed E-state index contributed by atoms with van der Waals surface area (Å²) in [6.45, 7) is 0.396. The lowest BCUT2D eigenvalue weighted by molar-refractivity contribution is -0.144. The third-order valence-electron chi connectivity index (χ3n) is 8.76. The number of nitrogens with one attached hydrogen (secondary N) is 4. The molecule has 2 amide bonds. The third kappa shape index (κ3) is 7.61. The van der Waals surface area contributed by atoms with Gasteiger partial charge >= 0.3 is 5.97 Å². The molecule has 0 saturated carbocycles. The van der Waals surface area contributed by atoms with Crippen LogP contribution in [0.25, 0.3) is 10.9 Å². The van der Waals surface area contributed by atoms with Crippen molar-refractivity contribution < 1.29 is 19.5 Å². The summed E-state index contributed by atoms with van der Waals surface area (Å²) in [4.78, 5) is 43.8. The lowest BCUT2D eigenvalue weighted by atomic mass is 9.77. The Hall–Kier alpha value is -5.99. The standard InChI is InChI=1S/C41H38N4O4/c46-38(45-41(31-17-7-2-8-18-31,32-19-9-3-10-20-32)33-21-11-4-12-22-33)26-37(40(48)49)44-39(47)36(42-27-29-15-5-1-6-16-29)25-30-28-43-35-24-14-13-23-34(30)35/h1-24,28,36-37,42-43H,25-27H2,(H,44,47)(H,45,46)(H,48,49)/t36-,37-/m0/s1. The second kappa shape index (κ2) is 15.3. The van der Waals surface area contributed by atoms with Crippen LogP contribution in [0.4, 0.5) is 0 Å². The topological polar surface area (TPSA) is 123 Å². The lowest BCUT2D eigenvalue weighted by Crippen LogP contribution is -2.54. The van der Waals surface area contributed by atoms with E-state index in [0.717, 1.165) is 38.7 Å². The fourth-order valence-corrected chi connectivity index (χ4v) is 6.31. The number of benzene rings is 5. The van der Waals surface area contributed by atoms with Crippen LogP contribution in [0.15, 0.2) is 152 Å². The van der Waals surface area contributed by atoms with E-state index >= 15 is 0 Å². The molecule has 5 aromatic carbocycles. The van der Waals surface area contributed by atoms with Gasteiger partial charge in [0.2, 0.25) is 11.8 Å². The molecule has 0 aliphatic rings. The number of carbonyl (C=O) groups excluding carboxylic acids is 2. The van der Waals surface area contributed by atoms with Gasteiger partial charge in [-0.1, -0.05) is 140 Å². The van der Waals surface area contributed by atoms with Gasteiger partial charge in [-0.15, -0.1) is 0 Å². The molecule has 246 valence electrons. The average molecular weight is 651 g/mol. The van der Waals surface area contributed by atoms with Crippen molar-refractivity contribution >= 4 is 28.7 Å². The van der Waals surface area contributed by atoms with Crippen LogP contribution < -0.4 is 16.0 Å². The quantitative estimate of drug-likeness (QED) is 0.0935. The molecule has 0 aliphatic heterocycles. The number of aromatic amines is 1. The first-order valence-corrected chi connectivity index (χ1v) is 16.3. The largest absolute Gasteiger partial charge is 0.480 e. The summed E-state index contributed by atoms with van der Waals surface area (Å²) in [5, 5.41) is 20.5. The van der Waals surface area contributed by atoms with Gasteiger partial charge in [0.15, 0.2) is 0 Å². The van der Waals surface area contributed by atoms with E-state index in [1.807, 2.05) is 152 Å². The summed E-state index contributed by atoms with van der Waals surface area (Å²) in [6.07, 6.45) is 1.70. The maximum atomic E-state index is 14.0. The highest BCUT2D eigenvalue weighted by molar-refractivity contribution is 5.92. The minimum absolute atomic E-state index is 0.306. The van der Waals surface area contributed by atoms with Gasteiger partial charge in [0.05, 0.1) is 12.5 Å². The summed E-state index contributed by atoms with van der Waals surface area (Å²) >= 11 is 0. The molecule has 8 nitrogen and oxygen atoms in total. The number of H-pyrrole nitrogens is 1. The molecule has 1 aromatic heterocycles. The maximum Gasteiger partial charge on any atom is 0.326 e. The van der Waals surface area contributed by atoms with Gasteiger partial charge in [0.25, 0.3) is 0 Å². The normalized spacial score (nSPS) is 12.6. The van der Waals surface area contributed by atoms with Crippen molar-refractivity contribution in [3.63, 3.8) is 0 Å². The van der Waals surface area contributed by atoms with E-state index in [1.165, 1.54) is 0 Å². The summed E-state index contributed by atoms with van der Waals surface area (Å²) in [5.74, 6) is -2.35. The molecule has 5 N–H and O–H groups in total. The molecule has 0 aliphatic carbocycles. The minimum Gasteiger partial charge on any atom is -0.480 e. The maximum absolute atomic E-state index is 14.0. The molecule has 6 aromatic rings. The van der Waals surface area contributed by atoms with E-state index < -0.39 is 41.8 Å². The van der Waals surface area contributed by atoms with Gasteiger partial charge in [0, 0.05) is 23.6 Å². The highest BCUT2D eigenvalue weighted by Crippen LogP contribution is 2.37. The number of fused-ring (bicyclic) bond motifs is 1. The number of carbonyl (C=O) groups is 3. The van der Waals surface area contributed by atoms with Crippen LogP contribution in [-0.4, -0.2) is 40.0 Å². The van der Waals surface area contributed by atoms with Crippen molar-refractivity contribution in [1.82, 2.24) is 20.9 Å². The Bertz CT molecular complexity index is 1900. The number of rotatable bonds is 14. The average Bonchev–Trinajstić information content (AvgIpc) is 3.56. The van der Waals surface area contributed by atoms with Gasteiger partial charge in [-0.05, 0) is 40.3 Å². The van der Waals surface area contributed by atoms with E-state index in [2.05, 4.69) is 20.9 Å². The lowest BCUT2D eigenvalue weighted by Gasteiger charge is -2.37. The van der Waals surface area contributed by atoms with E-state index in [4.69, 9.17) is 0 Å². The van der Waals surface area contributed by atoms with Gasteiger partial charge in [-0.2, -0.15) is 0 Å². The molecule has 0 unspecified atom stereocenters. The Kier molecular flexibility index (Phi) is 10.3. The number of hydrogen-bond acceptors (Lipinski definition) is 4. The molecule has 2 atom stereocenters. The van der Waals surface area contributed by atoms with Crippen molar-refractivity contribution in [2.24, 2.45) is 0 Å². The molecule has 1 heterocycles. The zero-order valence-corrected chi connectivity index (χ0v) is 26.9. The zero-order valence-electron chi connectivity index (χ0n) is 26.9. The van der Waals surface area contributed by atoms with Crippen molar-refractivity contribution in [2.75, 3.05) is 0 Å². The van der Waals surface area contributed by atoms with Crippen molar-refractivity contribution in [2.45, 2.75) is 37.0 Å². The predicted molar refractivity (Wildman–Crippen MR) is 191 cm³/mol. The van der Waals surface area contributed by atoms with Crippen LogP contribution in [0.2, 0.25) is 0 Å². The van der Waals surface area contributed by atoms with Crippen LogP contribution in [0.5, 0.6) is 0 Å². The summed E-state index contributed by atoms with van der Waals surface area (Å²) in [6, 6.07) is 44.0. The Morgan fingerprint density at radius 3 is 1.71 bits per heavy atom. The Labute approximate surface area is 285 Å². The predicted octanol–water partition coefficient (Wildman–Crippen LogP) is 5.94. The van der Waals surface area contributed by atoms with E-state index in [-0.39, 0.29) is 0 Å². The molecule has 8 heteroatoms. The second-order valence-corrected chi connectivity index (χ2v) is 12.0. The SMILES string of the molecule is O=C(C[C@H](NC(=O)[C@H](Cc1c[nH]c2ccccc12)NCc1ccccc1)C(=O)O)NC(c1ccccc1)(c1ccccc1)c1ccccc1. The minimum atomic E-state index is -1.48. The Balaban J connectivity index is 1.26. The van der Waals surface area contributed by atoms with Crippen molar-refractivity contribution in [1.29, 1.82) is 0 Å². The number of para-hydroxylation sites is 1. The Morgan fingerprint density at radius 1 is 0.653 bits per heavy atom. The number of amides is 2. The molecular formula is C41H38N4O4. The zero-order chi connectivity index (χ0) is 34.1. The van der Waals surface area contributed by atoms with Crippen LogP contribution in [0.3, 0.4) is 0 Å². The van der Waals surface area contributed by atoms with Crippen LogP contribution in [0.1, 0.15) is 34.2 Å². The number of hydrogen-bond donors (Lipinski definition) is 5. The number of carboxylic acids is 1. The molecule has 49 heavy (non-hydrogen) atoms. The molecule has 0 bridgehead atoms. The van der Waals surface area contributed by atoms with Crippen LogP contribution in [0, 0.1) is 0 Å². The number of aromatic nitrogens is 1. The fraction of sp³-hybridized carbons (Fsp3) is 0.146. The van der Waals surface area contributed by atoms with Gasteiger partial charge in [0.1, 0.15) is 11.6 Å². The summed E-state index contributed by atoms with van der Waals surface area (Å²) < 4.78 is 0. The van der Waals surface area contributed by atoms with Crippen molar-refractivity contribution in [3.05, 3.63) is 180 Å². The molecule has 0 saturated heterocycles. The molecule has 0 fully saturated rings. The molecule has 0 radical (unpaired) electrons. The van der Waals surface area contributed by atoms with Gasteiger partial charge in [-0.25, -0.2) is 4.79 Å². The van der Waals surface area contributed by atoms with Gasteiger partial charge in [-0.3, -0.25) is 9.59 Å².